The van der Waals surface area contributed by atoms with Crippen LogP contribution in [-0.2, 0) is 32.6 Å². The number of rotatable bonds is 12. The molecule has 0 radical (unpaired) electrons. The summed E-state index contributed by atoms with van der Waals surface area (Å²) in [6, 6.07) is 29.5. The Hall–Kier alpha value is -4.14. The van der Waals surface area contributed by atoms with Crippen molar-refractivity contribution in [1.82, 2.24) is 10.2 Å². The number of nitrogens with zero attached hydrogens (tertiary/aromatic N) is 2. The number of hydrogen-bond donors (Lipinski definition) is 1. The van der Waals surface area contributed by atoms with Crippen molar-refractivity contribution >= 4 is 39.1 Å². The molecule has 46 heavy (non-hydrogen) atoms. The fraction of sp³-hybridized carbons (Fsp3) is 0.297. The highest BCUT2D eigenvalue weighted by Crippen LogP contribution is 2.27. The summed E-state index contributed by atoms with van der Waals surface area (Å²) < 4.78 is 29.5. The Morgan fingerprint density at radius 2 is 1.50 bits per heavy atom. The SMILES string of the molecule is Cc1ccc(S(=O)(=O)N(CC(=O)N(Cc2ccc(Cl)cc2)[C@H](Cc2ccccc2)C(=O)NC2CCCC2)c2cccc(C)c2)cc1. The van der Waals surface area contributed by atoms with Crippen molar-refractivity contribution in [3.63, 3.8) is 0 Å². The summed E-state index contributed by atoms with van der Waals surface area (Å²) in [5, 5.41) is 3.75. The smallest absolute Gasteiger partial charge is 0.264 e. The zero-order chi connectivity index (χ0) is 32.7. The number of carbonyl (C=O) groups is 2. The molecule has 1 aliphatic carbocycles. The molecule has 2 amide bonds. The number of hydrogen-bond acceptors (Lipinski definition) is 4. The van der Waals surface area contributed by atoms with Gasteiger partial charge in [0.15, 0.2) is 0 Å². The molecule has 4 aromatic carbocycles. The molecule has 0 spiro atoms. The third-order valence-electron chi connectivity index (χ3n) is 8.42. The highest BCUT2D eigenvalue weighted by molar-refractivity contribution is 7.92. The molecule has 1 aliphatic rings. The molecule has 5 rings (SSSR count). The van der Waals surface area contributed by atoms with Gasteiger partial charge in [0.2, 0.25) is 11.8 Å². The number of benzene rings is 4. The first-order valence-electron chi connectivity index (χ1n) is 15.6. The highest BCUT2D eigenvalue weighted by Gasteiger charge is 2.35. The Bertz CT molecular complexity index is 1740. The first kappa shape index (κ1) is 33.2. The van der Waals surface area contributed by atoms with Gasteiger partial charge < -0.3 is 10.2 Å². The van der Waals surface area contributed by atoms with Crippen molar-refractivity contribution < 1.29 is 18.0 Å². The van der Waals surface area contributed by atoms with Crippen LogP contribution in [0.3, 0.4) is 0 Å². The van der Waals surface area contributed by atoms with E-state index in [1.807, 2.05) is 62.4 Å². The van der Waals surface area contributed by atoms with E-state index < -0.39 is 28.5 Å². The minimum Gasteiger partial charge on any atom is -0.352 e. The van der Waals surface area contributed by atoms with Gasteiger partial charge in [-0.05, 0) is 79.8 Å². The van der Waals surface area contributed by atoms with Crippen LogP contribution < -0.4 is 9.62 Å². The van der Waals surface area contributed by atoms with Crippen molar-refractivity contribution in [2.24, 2.45) is 0 Å². The number of amides is 2. The monoisotopic (exact) mass is 657 g/mol. The predicted molar refractivity (Wildman–Crippen MR) is 183 cm³/mol. The molecule has 9 heteroatoms. The van der Waals surface area contributed by atoms with Gasteiger partial charge in [0.1, 0.15) is 12.6 Å². The molecule has 1 fully saturated rings. The summed E-state index contributed by atoms with van der Waals surface area (Å²) in [5.74, 6) is -0.740. The Balaban J connectivity index is 1.56. The minimum atomic E-state index is -4.15. The lowest BCUT2D eigenvalue weighted by Gasteiger charge is -2.34. The quantitative estimate of drug-likeness (QED) is 0.181. The van der Waals surface area contributed by atoms with Crippen molar-refractivity contribution in [2.75, 3.05) is 10.8 Å². The molecular formula is C37H40ClN3O4S. The van der Waals surface area contributed by atoms with Crippen molar-refractivity contribution in [1.29, 1.82) is 0 Å². The summed E-state index contributed by atoms with van der Waals surface area (Å²) in [5.41, 5.74) is 3.81. The number of nitrogens with one attached hydrogen (secondary N) is 1. The molecular weight excluding hydrogens is 618 g/mol. The minimum absolute atomic E-state index is 0.0453. The van der Waals surface area contributed by atoms with E-state index in [0.29, 0.717) is 10.7 Å². The molecule has 7 nitrogen and oxygen atoms in total. The third-order valence-corrected chi connectivity index (χ3v) is 10.5. The fourth-order valence-electron chi connectivity index (χ4n) is 5.86. The number of anilines is 1. The normalized spacial score (nSPS) is 14.1. The molecule has 0 bridgehead atoms. The number of halogens is 1. The molecule has 240 valence electrons. The van der Waals surface area contributed by atoms with Gasteiger partial charge in [-0.3, -0.25) is 13.9 Å². The molecule has 1 saturated carbocycles. The van der Waals surface area contributed by atoms with E-state index in [1.54, 1.807) is 54.6 Å². The molecule has 1 atom stereocenters. The fourth-order valence-corrected chi connectivity index (χ4v) is 7.39. The highest BCUT2D eigenvalue weighted by atomic mass is 35.5. The van der Waals surface area contributed by atoms with E-state index in [2.05, 4.69) is 5.32 Å². The van der Waals surface area contributed by atoms with Crippen LogP contribution in [-0.4, -0.2) is 43.8 Å². The number of aryl methyl sites for hydroxylation is 2. The van der Waals surface area contributed by atoms with Gasteiger partial charge in [-0.2, -0.15) is 0 Å². The largest absolute Gasteiger partial charge is 0.352 e. The van der Waals surface area contributed by atoms with Crippen LogP contribution in [0.15, 0.2) is 108 Å². The van der Waals surface area contributed by atoms with E-state index in [0.717, 1.165) is 52.2 Å². The average molecular weight is 658 g/mol. The van der Waals surface area contributed by atoms with E-state index >= 15 is 0 Å². The predicted octanol–water partition coefficient (Wildman–Crippen LogP) is 6.85. The second-order valence-electron chi connectivity index (χ2n) is 12.0. The zero-order valence-corrected chi connectivity index (χ0v) is 27.8. The van der Waals surface area contributed by atoms with Crippen molar-refractivity contribution in [2.45, 2.75) is 69.5 Å². The third kappa shape index (κ3) is 8.36. The molecule has 4 aromatic rings. The van der Waals surface area contributed by atoms with Crippen LogP contribution >= 0.6 is 11.6 Å². The van der Waals surface area contributed by atoms with Gasteiger partial charge in [-0.1, -0.05) is 96.7 Å². The van der Waals surface area contributed by atoms with Crippen LogP contribution in [0.1, 0.15) is 47.9 Å². The van der Waals surface area contributed by atoms with Crippen LogP contribution in [0, 0.1) is 13.8 Å². The summed E-state index contributed by atoms with van der Waals surface area (Å²) in [7, 11) is -4.15. The number of carbonyl (C=O) groups excluding carboxylic acids is 2. The van der Waals surface area contributed by atoms with E-state index in [9.17, 15) is 18.0 Å². The van der Waals surface area contributed by atoms with Gasteiger partial charge in [0.25, 0.3) is 10.0 Å². The van der Waals surface area contributed by atoms with Crippen LogP contribution in [0.2, 0.25) is 5.02 Å². The standard InChI is InChI=1S/C37H40ClN3O4S/c1-27-15-21-34(22-16-27)46(44,45)41(33-14-8-9-28(2)23-33)26-36(42)40(25-30-17-19-31(38)20-18-30)35(24-29-10-4-3-5-11-29)37(43)39-32-12-6-7-13-32/h3-5,8-11,14-23,32,35H,6-7,12-13,24-26H2,1-2H3,(H,39,43)/t35-/m1/s1. The van der Waals surface area contributed by atoms with Gasteiger partial charge in [-0.15, -0.1) is 0 Å². The van der Waals surface area contributed by atoms with Crippen LogP contribution in [0.25, 0.3) is 0 Å². The van der Waals surface area contributed by atoms with E-state index in [-0.39, 0.29) is 29.8 Å². The Labute approximate surface area is 277 Å². The number of sulfonamides is 1. The van der Waals surface area contributed by atoms with Crippen molar-refractivity contribution in [3.8, 4) is 0 Å². The maximum absolute atomic E-state index is 14.6. The summed E-state index contributed by atoms with van der Waals surface area (Å²) in [6.45, 7) is 3.36. The van der Waals surface area contributed by atoms with Crippen LogP contribution in [0.4, 0.5) is 5.69 Å². The first-order valence-corrected chi connectivity index (χ1v) is 17.5. The molecule has 0 unspecified atom stereocenters. The molecule has 0 saturated heterocycles. The lowest BCUT2D eigenvalue weighted by Crippen LogP contribution is -2.54. The lowest BCUT2D eigenvalue weighted by molar-refractivity contribution is -0.140. The Kier molecular flexibility index (Phi) is 10.8. The molecule has 1 N–H and O–H groups in total. The molecule has 0 aromatic heterocycles. The maximum atomic E-state index is 14.6. The van der Waals surface area contributed by atoms with Gasteiger partial charge in [0, 0.05) is 24.0 Å². The van der Waals surface area contributed by atoms with E-state index in [4.69, 9.17) is 11.6 Å². The van der Waals surface area contributed by atoms with Gasteiger partial charge in [0.05, 0.1) is 10.6 Å². The summed E-state index contributed by atoms with van der Waals surface area (Å²) in [4.78, 5) is 30.3. The Morgan fingerprint density at radius 1 is 0.826 bits per heavy atom. The van der Waals surface area contributed by atoms with Crippen molar-refractivity contribution in [3.05, 3.63) is 130 Å². The average Bonchev–Trinajstić information content (AvgIpc) is 3.56. The molecule has 0 heterocycles. The van der Waals surface area contributed by atoms with Crippen LogP contribution in [0.5, 0.6) is 0 Å². The maximum Gasteiger partial charge on any atom is 0.264 e. The lowest BCUT2D eigenvalue weighted by atomic mass is 10.0. The molecule has 0 aliphatic heterocycles. The topological polar surface area (TPSA) is 86.8 Å². The second-order valence-corrected chi connectivity index (χ2v) is 14.3. The summed E-state index contributed by atoms with van der Waals surface area (Å²) in [6.07, 6.45) is 4.15. The van der Waals surface area contributed by atoms with Gasteiger partial charge in [-0.25, -0.2) is 8.42 Å². The van der Waals surface area contributed by atoms with Gasteiger partial charge >= 0.3 is 0 Å². The zero-order valence-electron chi connectivity index (χ0n) is 26.2. The second kappa shape index (κ2) is 15.0. The first-order chi connectivity index (χ1) is 22.1. The summed E-state index contributed by atoms with van der Waals surface area (Å²) >= 11 is 6.18. The Morgan fingerprint density at radius 3 is 2.15 bits per heavy atom. The van der Waals surface area contributed by atoms with E-state index in [1.165, 1.54) is 4.90 Å².